The summed E-state index contributed by atoms with van der Waals surface area (Å²) in [5.74, 6) is -0.0302. The van der Waals surface area contributed by atoms with Crippen LogP contribution in [0.1, 0.15) is 33.1 Å². The Bertz CT molecular complexity index is 203. The summed E-state index contributed by atoms with van der Waals surface area (Å²) < 4.78 is 4.97. The van der Waals surface area contributed by atoms with Crippen molar-refractivity contribution in [1.29, 1.82) is 0 Å². The summed E-state index contributed by atoms with van der Waals surface area (Å²) in [5.41, 5.74) is 0. The molecule has 15 heavy (non-hydrogen) atoms. The predicted molar refractivity (Wildman–Crippen MR) is 59.7 cm³/mol. The Labute approximate surface area is 91.8 Å². The molecule has 0 aromatic carbocycles. The molecule has 2 N–H and O–H groups in total. The molecule has 0 aromatic heterocycles. The molecule has 0 saturated carbocycles. The van der Waals surface area contributed by atoms with E-state index in [1.165, 1.54) is 12.8 Å². The van der Waals surface area contributed by atoms with Gasteiger partial charge in [-0.3, -0.25) is 4.79 Å². The average Bonchev–Trinajstić information content (AvgIpc) is 2.29. The van der Waals surface area contributed by atoms with E-state index >= 15 is 0 Å². The average molecular weight is 214 g/mol. The summed E-state index contributed by atoms with van der Waals surface area (Å²) in [7, 11) is 1.55. The SMILES string of the molecule is COC(C)C(=O)NC(C)C1CCCCN1. The molecule has 1 aliphatic rings. The quantitative estimate of drug-likeness (QED) is 0.723. The van der Waals surface area contributed by atoms with E-state index in [0.29, 0.717) is 6.04 Å². The molecule has 0 bridgehead atoms. The van der Waals surface area contributed by atoms with Gasteiger partial charge in [-0.25, -0.2) is 0 Å². The number of hydrogen-bond donors (Lipinski definition) is 2. The molecule has 3 unspecified atom stereocenters. The minimum Gasteiger partial charge on any atom is -0.372 e. The van der Waals surface area contributed by atoms with Crippen LogP contribution in [0.4, 0.5) is 0 Å². The second kappa shape index (κ2) is 6.08. The van der Waals surface area contributed by atoms with E-state index in [1.54, 1.807) is 14.0 Å². The van der Waals surface area contributed by atoms with E-state index in [9.17, 15) is 4.79 Å². The monoisotopic (exact) mass is 214 g/mol. The Morgan fingerprint density at radius 2 is 2.20 bits per heavy atom. The number of carbonyl (C=O) groups is 1. The molecule has 1 amide bonds. The number of piperidine rings is 1. The lowest BCUT2D eigenvalue weighted by molar-refractivity contribution is -0.130. The molecular weight excluding hydrogens is 192 g/mol. The maximum absolute atomic E-state index is 11.6. The first-order valence-electron chi connectivity index (χ1n) is 5.71. The molecule has 1 aliphatic heterocycles. The van der Waals surface area contributed by atoms with E-state index in [4.69, 9.17) is 4.74 Å². The minimum absolute atomic E-state index is 0.0302. The third kappa shape index (κ3) is 3.80. The molecule has 3 atom stereocenters. The standard InChI is InChI=1S/C11H22N2O2/c1-8(10-6-4-5-7-12-10)13-11(14)9(2)15-3/h8-10,12H,4-7H2,1-3H3,(H,13,14). The van der Waals surface area contributed by atoms with Crippen molar-refractivity contribution in [3.63, 3.8) is 0 Å². The number of rotatable bonds is 4. The van der Waals surface area contributed by atoms with Gasteiger partial charge in [-0.05, 0) is 33.2 Å². The van der Waals surface area contributed by atoms with E-state index in [0.717, 1.165) is 13.0 Å². The summed E-state index contributed by atoms with van der Waals surface area (Å²) >= 11 is 0. The number of carbonyl (C=O) groups excluding carboxylic acids is 1. The van der Waals surface area contributed by atoms with Gasteiger partial charge in [-0.15, -0.1) is 0 Å². The van der Waals surface area contributed by atoms with E-state index in [1.807, 2.05) is 6.92 Å². The summed E-state index contributed by atoms with van der Waals surface area (Å²) in [6.07, 6.45) is 3.27. The first kappa shape index (κ1) is 12.5. The highest BCUT2D eigenvalue weighted by Crippen LogP contribution is 2.10. The van der Waals surface area contributed by atoms with Gasteiger partial charge in [-0.2, -0.15) is 0 Å². The largest absolute Gasteiger partial charge is 0.372 e. The van der Waals surface area contributed by atoms with Crippen molar-refractivity contribution >= 4 is 5.91 Å². The van der Waals surface area contributed by atoms with Crippen LogP contribution < -0.4 is 10.6 Å². The molecule has 1 saturated heterocycles. The Kier molecular flexibility index (Phi) is 5.05. The third-order valence-electron chi connectivity index (χ3n) is 3.04. The van der Waals surface area contributed by atoms with Gasteiger partial charge in [-0.1, -0.05) is 6.42 Å². The van der Waals surface area contributed by atoms with Gasteiger partial charge in [0.2, 0.25) is 5.91 Å². The molecule has 0 radical (unpaired) electrons. The summed E-state index contributed by atoms with van der Waals surface area (Å²) in [6.45, 7) is 4.87. The van der Waals surface area contributed by atoms with Crippen LogP contribution in [-0.4, -0.2) is 37.7 Å². The van der Waals surface area contributed by atoms with Crippen molar-refractivity contribution in [2.75, 3.05) is 13.7 Å². The smallest absolute Gasteiger partial charge is 0.249 e. The minimum atomic E-state index is -0.365. The second-order valence-electron chi connectivity index (χ2n) is 4.23. The van der Waals surface area contributed by atoms with E-state index < -0.39 is 0 Å². The maximum Gasteiger partial charge on any atom is 0.249 e. The molecule has 0 spiro atoms. The molecule has 0 aliphatic carbocycles. The zero-order valence-corrected chi connectivity index (χ0v) is 9.88. The highest BCUT2D eigenvalue weighted by atomic mass is 16.5. The predicted octanol–water partition coefficient (Wildman–Crippen LogP) is 0.668. The Morgan fingerprint density at radius 1 is 1.47 bits per heavy atom. The number of methoxy groups -OCH3 is 1. The molecule has 4 nitrogen and oxygen atoms in total. The van der Waals surface area contributed by atoms with Crippen LogP contribution in [-0.2, 0) is 9.53 Å². The van der Waals surface area contributed by atoms with Crippen LogP contribution in [0.3, 0.4) is 0 Å². The number of hydrogen-bond acceptors (Lipinski definition) is 3. The molecule has 0 aromatic rings. The van der Waals surface area contributed by atoms with Crippen molar-refractivity contribution in [1.82, 2.24) is 10.6 Å². The third-order valence-corrected chi connectivity index (χ3v) is 3.04. The fourth-order valence-electron chi connectivity index (χ4n) is 1.85. The highest BCUT2D eigenvalue weighted by molar-refractivity contribution is 5.80. The topological polar surface area (TPSA) is 50.4 Å². The van der Waals surface area contributed by atoms with Gasteiger partial charge in [0.1, 0.15) is 6.10 Å². The van der Waals surface area contributed by atoms with Gasteiger partial charge in [0.15, 0.2) is 0 Å². The van der Waals surface area contributed by atoms with Crippen molar-refractivity contribution in [2.24, 2.45) is 0 Å². The van der Waals surface area contributed by atoms with Crippen molar-refractivity contribution < 1.29 is 9.53 Å². The fourth-order valence-corrected chi connectivity index (χ4v) is 1.85. The van der Waals surface area contributed by atoms with E-state index in [-0.39, 0.29) is 18.1 Å². The van der Waals surface area contributed by atoms with Gasteiger partial charge in [0, 0.05) is 19.2 Å². The molecule has 1 rings (SSSR count). The summed E-state index contributed by atoms with van der Waals surface area (Å²) in [6, 6.07) is 0.585. The van der Waals surface area contributed by atoms with Crippen molar-refractivity contribution in [2.45, 2.75) is 51.3 Å². The second-order valence-corrected chi connectivity index (χ2v) is 4.23. The Morgan fingerprint density at radius 3 is 2.73 bits per heavy atom. The summed E-state index contributed by atoms with van der Waals surface area (Å²) in [4.78, 5) is 11.6. The number of ether oxygens (including phenoxy) is 1. The van der Waals surface area contributed by atoms with Crippen LogP contribution in [0.5, 0.6) is 0 Å². The molecule has 1 heterocycles. The normalized spacial score (nSPS) is 25.7. The molecule has 4 heteroatoms. The fraction of sp³-hybridized carbons (Fsp3) is 0.909. The maximum atomic E-state index is 11.6. The number of amides is 1. The van der Waals surface area contributed by atoms with Gasteiger partial charge >= 0.3 is 0 Å². The van der Waals surface area contributed by atoms with Gasteiger partial charge in [0.25, 0.3) is 0 Å². The molecule has 88 valence electrons. The van der Waals surface area contributed by atoms with Crippen LogP contribution >= 0.6 is 0 Å². The van der Waals surface area contributed by atoms with E-state index in [2.05, 4.69) is 10.6 Å². The van der Waals surface area contributed by atoms with Gasteiger partial charge < -0.3 is 15.4 Å². The first-order chi connectivity index (χ1) is 7.15. The lowest BCUT2D eigenvalue weighted by Crippen LogP contribution is -2.52. The van der Waals surface area contributed by atoms with Crippen LogP contribution in [0, 0.1) is 0 Å². The lowest BCUT2D eigenvalue weighted by Gasteiger charge is -2.30. The zero-order chi connectivity index (χ0) is 11.3. The lowest BCUT2D eigenvalue weighted by atomic mass is 9.99. The van der Waals surface area contributed by atoms with Gasteiger partial charge in [0.05, 0.1) is 0 Å². The Balaban J connectivity index is 2.33. The van der Waals surface area contributed by atoms with Crippen LogP contribution in [0.15, 0.2) is 0 Å². The summed E-state index contributed by atoms with van der Waals surface area (Å²) in [5, 5.41) is 6.40. The molecule has 1 fully saturated rings. The Hall–Kier alpha value is -0.610. The molecular formula is C11H22N2O2. The highest BCUT2D eigenvalue weighted by Gasteiger charge is 2.22. The zero-order valence-electron chi connectivity index (χ0n) is 9.88. The van der Waals surface area contributed by atoms with Crippen molar-refractivity contribution in [3.8, 4) is 0 Å². The van der Waals surface area contributed by atoms with Crippen LogP contribution in [0.2, 0.25) is 0 Å². The van der Waals surface area contributed by atoms with Crippen molar-refractivity contribution in [3.05, 3.63) is 0 Å². The van der Waals surface area contributed by atoms with Crippen LogP contribution in [0.25, 0.3) is 0 Å². The number of nitrogens with one attached hydrogen (secondary N) is 2. The first-order valence-corrected chi connectivity index (χ1v) is 5.71.